The van der Waals surface area contributed by atoms with Gasteiger partial charge in [0.25, 0.3) is 0 Å². The highest BCUT2D eigenvalue weighted by Gasteiger charge is 2.00. The van der Waals surface area contributed by atoms with E-state index < -0.39 is 0 Å². The fourth-order valence-corrected chi connectivity index (χ4v) is 1.98. The second-order valence-electron chi connectivity index (χ2n) is 4.65. The molecule has 0 aliphatic carbocycles. The van der Waals surface area contributed by atoms with E-state index in [1.54, 1.807) is 0 Å². The molecule has 0 aliphatic rings. The van der Waals surface area contributed by atoms with Crippen molar-refractivity contribution in [3.8, 4) is 0 Å². The quantitative estimate of drug-likeness (QED) is 0.253. The summed E-state index contributed by atoms with van der Waals surface area (Å²) in [6.45, 7) is 2.94. The number of nitrogens with zero attached hydrogens (tertiary/aromatic N) is 1. The summed E-state index contributed by atoms with van der Waals surface area (Å²) in [7, 11) is 0. The number of guanidine groups is 1. The molecule has 102 valence electrons. The second kappa shape index (κ2) is 12.0. The molecule has 0 atom stereocenters. The van der Waals surface area contributed by atoms with Crippen LogP contribution in [-0.2, 0) is 0 Å². The van der Waals surface area contributed by atoms with Crippen LogP contribution in [0.3, 0.4) is 0 Å². The molecule has 0 saturated carbocycles. The molecule has 0 radical (unpaired) electrons. The highest BCUT2D eigenvalue weighted by atomic mass is 35.5. The Morgan fingerprint density at radius 1 is 0.941 bits per heavy atom. The molecular formula is C13H28ClN3. The lowest BCUT2D eigenvalue weighted by Gasteiger charge is -2.12. The topological polar surface area (TPSA) is 53.1 Å². The van der Waals surface area contributed by atoms with E-state index >= 15 is 0 Å². The molecule has 0 aromatic rings. The Morgan fingerprint density at radius 2 is 1.35 bits per heavy atom. The van der Waals surface area contributed by atoms with E-state index in [1.807, 2.05) is 0 Å². The summed E-state index contributed by atoms with van der Waals surface area (Å²) in [5.74, 6) is -0.0532. The minimum absolute atomic E-state index is 0.0532. The first kappa shape index (κ1) is 16.6. The van der Waals surface area contributed by atoms with Crippen molar-refractivity contribution in [3.63, 3.8) is 0 Å². The summed E-state index contributed by atoms with van der Waals surface area (Å²) >= 11 is 5.71. The van der Waals surface area contributed by atoms with Crippen molar-refractivity contribution in [2.24, 2.45) is 5.73 Å². The maximum atomic E-state index is 7.10. The van der Waals surface area contributed by atoms with Crippen LogP contribution < -0.4 is 5.73 Å². The van der Waals surface area contributed by atoms with Crippen LogP contribution in [0.15, 0.2) is 0 Å². The Bertz CT molecular complexity index is 186. The number of nitrogens with two attached hydrogens (primary N) is 1. The average Bonchev–Trinajstić information content (AvgIpc) is 2.31. The van der Waals surface area contributed by atoms with Gasteiger partial charge in [-0.3, -0.25) is 9.83 Å². The first-order chi connectivity index (χ1) is 8.18. The summed E-state index contributed by atoms with van der Waals surface area (Å²) < 4.78 is 1.28. The summed E-state index contributed by atoms with van der Waals surface area (Å²) in [5.41, 5.74) is 5.23. The number of halogens is 1. The number of rotatable bonds is 11. The van der Waals surface area contributed by atoms with Crippen molar-refractivity contribution in [1.29, 1.82) is 5.41 Å². The van der Waals surface area contributed by atoms with Crippen molar-refractivity contribution in [3.05, 3.63) is 0 Å². The second-order valence-corrected chi connectivity index (χ2v) is 5.06. The first-order valence-corrected chi connectivity index (χ1v) is 7.29. The highest BCUT2D eigenvalue weighted by Crippen LogP contribution is 2.10. The van der Waals surface area contributed by atoms with Crippen LogP contribution in [0.1, 0.15) is 71.1 Å². The largest absolute Gasteiger partial charge is 0.369 e. The van der Waals surface area contributed by atoms with E-state index in [0.29, 0.717) is 6.54 Å². The predicted octanol–water partition coefficient (Wildman–Crippen LogP) is 4.26. The third-order valence-corrected chi connectivity index (χ3v) is 3.32. The van der Waals surface area contributed by atoms with Crippen molar-refractivity contribution >= 4 is 17.7 Å². The third-order valence-electron chi connectivity index (χ3n) is 2.97. The van der Waals surface area contributed by atoms with Crippen LogP contribution in [0.5, 0.6) is 0 Å². The Hall–Kier alpha value is -0.440. The zero-order chi connectivity index (χ0) is 12.9. The van der Waals surface area contributed by atoms with Gasteiger partial charge in [-0.25, -0.2) is 0 Å². The van der Waals surface area contributed by atoms with Gasteiger partial charge in [0.2, 0.25) is 5.96 Å². The van der Waals surface area contributed by atoms with Gasteiger partial charge in [0.05, 0.1) is 0 Å². The van der Waals surface area contributed by atoms with Crippen LogP contribution in [-0.4, -0.2) is 16.9 Å². The molecule has 4 heteroatoms. The molecule has 0 bridgehead atoms. The van der Waals surface area contributed by atoms with Crippen LogP contribution in [0.4, 0.5) is 0 Å². The van der Waals surface area contributed by atoms with Crippen molar-refractivity contribution in [2.75, 3.05) is 6.54 Å². The molecule has 0 aliphatic heterocycles. The zero-order valence-electron chi connectivity index (χ0n) is 11.2. The predicted molar refractivity (Wildman–Crippen MR) is 76.3 cm³/mol. The van der Waals surface area contributed by atoms with Gasteiger partial charge in [-0.2, -0.15) is 0 Å². The van der Waals surface area contributed by atoms with Crippen LogP contribution in [0.2, 0.25) is 0 Å². The smallest absolute Gasteiger partial charge is 0.203 e. The molecule has 0 fully saturated rings. The number of hydrogen-bond donors (Lipinski definition) is 2. The maximum Gasteiger partial charge on any atom is 0.203 e. The van der Waals surface area contributed by atoms with Gasteiger partial charge >= 0.3 is 0 Å². The van der Waals surface area contributed by atoms with E-state index in [-0.39, 0.29) is 5.96 Å². The number of unbranched alkanes of at least 4 members (excludes halogenated alkanes) is 9. The molecule has 0 aromatic carbocycles. The van der Waals surface area contributed by atoms with Gasteiger partial charge in [-0.15, -0.1) is 0 Å². The van der Waals surface area contributed by atoms with Gasteiger partial charge in [-0.05, 0) is 6.42 Å². The van der Waals surface area contributed by atoms with Gasteiger partial charge in [0.1, 0.15) is 0 Å². The van der Waals surface area contributed by atoms with Gasteiger partial charge in [-0.1, -0.05) is 64.7 Å². The van der Waals surface area contributed by atoms with Crippen LogP contribution >= 0.6 is 11.8 Å². The lowest BCUT2D eigenvalue weighted by molar-refractivity contribution is 0.528. The van der Waals surface area contributed by atoms with E-state index in [9.17, 15) is 0 Å². The highest BCUT2D eigenvalue weighted by molar-refractivity contribution is 6.21. The Kier molecular flexibility index (Phi) is 11.7. The maximum absolute atomic E-state index is 7.10. The van der Waals surface area contributed by atoms with E-state index in [1.165, 1.54) is 62.2 Å². The standard InChI is InChI=1S/C13H28ClN3/c1-2-3-4-5-6-7-8-9-10-11-12-17(14)13(15)16/h2-12H2,1H3,(H3,15,16). The molecule has 0 saturated heterocycles. The molecule has 0 unspecified atom stereocenters. The fourth-order valence-electron chi connectivity index (χ4n) is 1.86. The summed E-state index contributed by atoms with van der Waals surface area (Å²) in [4.78, 5) is 0. The zero-order valence-corrected chi connectivity index (χ0v) is 11.9. The molecule has 0 rings (SSSR count). The van der Waals surface area contributed by atoms with Crippen molar-refractivity contribution < 1.29 is 0 Å². The normalized spacial score (nSPS) is 10.5. The minimum atomic E-state index is -0.0532. The van der Waals surface area contributed by atoms with Crippen molar-refractivity contribution in [2.45, 2.75) is 71.1 Å². The van der Waals surface area contributed by atoms with Gasteiger partial charge < -0.3 is 5.73 Å². The van der Waals surface area contributed by atoms with Gasteiger partial charge in [0, 0.05) is 18.3 Å². The minimum Gasteiger partial charge on any atom is -0.369 e. The molecule has 0 spiro atoms. The molecule has 0 amide bonds. The Balaban J connectivity index is 3.06. The molecule has 17 heavy (non-hydrogen) atoms. The van der Waals surface area contributed by atoms with E-state index in [2.05, 4.69) is 6.92 Å². The fraction of sp³-hybridized carbons (Fsp3) is 0.923. The summed E-state index contributed by atoms with van der Waals surface area (Å²) in [6.07, 6.45) is 13.1. The van der Waals surface area contributed by atoms with E-state index in [0.717, 1.165) is 6.42 Å². The number of hydrogen-bond acceptors (Lipinski definition) is 1. The monoisotopic (exact) mass is 261 g/mol. The lowest BCUT2D eigenvalue weighted by atomic mass is 10.1. The summed E-state index contributed by atoms with van der Waals surface area (Å²) in [5, 5.41) is 7.10. The molecular weight excluding hydrogens is 234 g/mol. The Labute approximate surface area is 111 Å². The first-order valence-electron chi connectivity index (χ1n) is 6.95. The SMILES string of the molecule is CCCCCCCCCCCCN(Cl)C(=N)N. The van der Waals surface area contributed by atoms with Crippen LogP contribution in [0.25, 0.3) is 0 Å². The third kappa shape index (κ3) is 11.8. The average molecular weight is 262 g/mol. The molecule has 0 aromatic heterocycles. The van der Waals surface area contributed by atoms with Gasteiger partial charge in [0.15, 0.2) is 0 Å². The lowest BCUT2D eigenvalue weighted by Crippen LogP contribution is -2.29. The van der Waals surface area contributed by atoms with Crippen LogP contribution in [0, 0.1) is 5.41 Å². The van der Waals surface area contributed by atoms with E-state index in [4.69, 9.17) is 22.9 Å². The molecule has 0 heterocycles. The number of nitrogens with one attached hydrogen (secondary N) is 1. The molecule has 3 N–H and O–H groups in total. The molecule has 3 nitrogen and oxygen atoms in total. The van der Waals surface area contributed by atoms with Crippen molar-refractivity contribution in [1.82, 2.24) is 4.42 Å². The summed E-state index contributed by atoms with van der Waals surface area (Å²) in [6, 6.07) is 0. The Morgan fingerprint density at radius 3 is 1.76 bits per heavy atom.